The minimum Gasteiger partial charge on any atom is -0.452 e. The van der Waals surface area contributed by atoms with Gasteiger partial charge in [-0.1, -0.05) is 0 Å². The van der Waals surface area contributed by atoms with Crippen molar-refractivity contribution >= 4 is 23.4 Å². The fourth-order valence-electron chi connectivity index (χ4n) is 3.12. The van der Waals surface area contributed by atoms with Crippen LogP contribution in [0.25, 0.3) is 33.4 Å². The number of imidazole rings is 1. The molecule has 0 spiro atoms. The fraction of sp³-hybridized carbons (Fsp3) is 0.0526. The first kappa shape index (κ1) is 16.2. The number of benzene rings is 1. The highest BCUT2D eigenvalue weighted by molar-refractivity contribution is 5.96. The fourth-order valence-corrected chi connectivity index (χ4v) is 3.12. The molecule has 0 fully saturated rings. The van der Waals surface area contributed by atoms with Gasteiger partial charge in [-0.2, -0.15) is 0 Å². The van der Waals surface area contributed by atoms with Gasteiger partial charge >= 0.3 is 0 Å². The third-order valence-electron chi connectivity index (χ3n) is 4.36. The third kappa shape index (κ3) is 2.60. The van der Waals surface area contributed by atoms with E-state index in [0.29, 0.717) is 34.6 Å². The van der Waals surface area contributed by atoms with Crippen molar-refractivity contribution in [3.05, 3.63) is 48.5 Å². The average Bonchev–Trinajstić information content (AvgIpc) is 3.33. The van der Waals surface area contributed by atoms with Crippen LogP contribution in [0, 0.1) is 5.82 Å². The van der Waals surface area contributed by atoms with Crippen molar-refractivity contribution in [3.8, 4) is 34.0 Å². The van der Waals surface area contributed by atoms with E-state index in [1.54, 1.807) is 18.3 Å². The molecule has 0 saturated heterocycles. The lowest BCUT2D eigenvalue weighted by Gasteiger charge is -2.08. The van der Waals surface area contributed by atoms with Crippen LogP contribution in [0.1, 0.15) is 0 Å². The van der Waals surface area contributed by atoms with Crippen molar-refractivity contribution in [2.45, 2.75) is 0 Å². The second-order valence-electron chi connectivity index (χ2n) is 6.04. The summed E-state index contributed by atoms with van der Waals surface area (Å²) in [5.41, 5.74) is 3.24. The molecule has 0 aliphatic carbocycles. The van der Waals surface area contributed by atoms with Gasteiger partial charge < -0.3 is 14.5 Å². The molecule has 8 nitrogen and oxygen atoms in total. The number of hydrogen-bond acceptors (Lipinski definition) is 6. The zero-order chi connectivity index (χ0) is 19.1. The maximum absolute atomic E-state index is 14.5. The quantitative estimate of drug-likeness (QED) is 0.530. The van der Waals surface area contributed by atoms with Crippen LogP contribution in [0.2, 0.25) is 0 Å². The molecule has 2 N–H and O–H groups in total. The van der Waals surface area contributed by atoms with Crippen molar-refractivity contribution in [1.82, 2.24) is 19.9 Å². The SMILES string of the molecule is O=CNc1nc2c(-c3ncccc3F)cc(-c3cnc4c(c3)OCO4)cc2[nH]1. The highest BCUT2D eigenvalue weighted by Gasteiger charge is 2.19. The molecule has 4 aromatic rings. The van der Waals surface area contributed by atoms with E-state index in [1.807, 2.05) is 6.07 Å². The van der Waals surface area contributed by atoms with Crippen LogP contribution in [0.15, 0.2) is 42.7 Å². The van der Waals surface area contributed by atoms with Crippen LogP contribution in [-0.4, -0.2) is 33.1 Å². The van der Waals surface area contributed by atoms with Crippen LogP contribution in [0.3, 0.4) is 0 Å². The van der Waals surface area contributed by atoms with Gasteiger partial charge in [-0.15, -0.1) is 0 Å². The largest absolute Gasteiger partial charge is 0.452 e. The summed E-state index contributed by atoms with van der Waals surface area (Å²) < 4.78 is 25.1. The number of halogens is 1. The van der Waals surface area contributed by atoms with Crippen molar-refractivity contribution in [2.24, 2.45) is 0 Å². The van der Waals surface area contributed by atoms with E-state index < -0.39 is 5.82 Å². The Labute approximate surface area is 157 Å². The molecule has 28 heavy (non-hydrogen) atoms. The van der Waals surface area contributed by atoms with E-state index >= 15 is 0 Å². The molecule has 1 aliphatic heterocycles. The summed E-state index contributed by atoms with van der Waals surface area (Å²) in [5, 5.41) is 2.47. The standard InChI is InChI=1S/C19H12FN5O3/c20-13-2-1-3-21-16(13)12-4-10(5-14-17(12)25-19(24-14)23-8-26)11-6-15-18(22-7-11)28-9-27-15/h1-8H,9H2,(H2,23,24,25,26). The number of H-pyrrole nitrogens is 1. The summed E-state index contributed by atoms with van der Waals surface area (Å²) in [6, 6.07) is 8.27. The van der Waals surface area contributed by atoms with Crippen molar-refractivity contribution in [2.75, 3.05) is 12.1 Å². The monoisotopic (exact) mass is 377 g/mol. The number of fused-ring (bicyclic) bond motifs is 2. The molecule has 0 radical (unpaired) electrons. The Bertz CT molecular complexity index is 1220. The molecule has 1 aromatic carbocycles. The molecule has 5 rings (SSSR count). The highest BCUT2D eigenvalue weighted by Crippen LogP contribution is 2.37. The third-order valence-corrected chi connectivity index (χ3v) is 4.36. The smallest absolute Gasteiger partial charge is 0.260 e. The van der Waals surface area contributed by atoms with Gasteiger partial charge in [0, 0.05) is 23.5 Å². The minimum absolute atomic E-state index is 0.122. The molecule has 0 unspecified atom stereocenters. The lowest BCUT2D eigenvalue weighted by atomic mass is 10.0. The normalized spacial score (nSPS) is 12.3. The first-order chi connectivity index (χ1) is 13.7. The molecule has 9 heteroatoms. The number of rotatable bonds is 4. The second kappa shape index (κ2) is 6.31. The number of ether oxygens (including phenoxy) is 2. The van der Waals surface area contributed by atoms with E-state index in [1.165, 1.54) is 18.3 Å². The summed E-state index contributed by atoms with van der Waals surface area (Å²) in [4.78, 5) is 26.6. The molecular formula is C19H12FN5O3. The summed E-state index contributed by atoms with van der Waals surface area (Å²) >= 11 is 0. The van der Waals surface area contributed by atoms with Crippen LogP contribution in [0.4, 0.5) is 10.3 Å². The average molecular weight is 377 g/mol. The summed E-state index contributed by atoms with van der Waals surface area (Å²) in [7, 11) is 0. The molecule has 1 aliphatic rings. The van der Waals surface area contributed by atoms with Gasteiger partial charge in [-0.25, -0.2) is 14.4 Å². The lowest BCUT2D eigenvalue weighted by Crippen LogP contribution is -1.94. The van der Waals surface area contributed by atoms with Crippen molar-refractivity contribution < 1.29 is 18.7 Å². The molecule has 138 valence electrons. The molecule has 3 aromatic heterocycles. The number of carbonyl (C=O) groups is 1. The van der Waals surface area contributed by atoms with Gasteiger partial charge in [0.25, 0.3) is 5.88 Å². The number of pyridine rings is 2. The van der Waals surface area contributed by atoms with E-state index in [2.05, 4.69) is 25.3 Å². The van der Waals surface area contributed by atoms with Gasteiger partial charge in [0.05, 0.1) is 5.52 Å². The summed E-state index contributed by atoms with van der Waals surface area (Å²) in [6.07, 6.45) is 3.67. The first-order valence-electron chi connectivity index (χ1n) is 8.34. The van der Waals surface area contributed by atoms with E-state index in [9.17, 15) is 9.18 Å². The molecule has 0 saturated carbocycles. The summed E-state index contributed by atoms with van der Waals surface area (Å²) in [6.45, 7) is 0.122. The van der Waals surface area contributed by atoms with E-state index in [-0.39, 0.29) is 18.4 Å². The number of aromatic amines is 1. The van der Waals surface area contributed by atoms with Crippen LogP contribution in [0.5, 0.6) is 11.6 Å². The second-order valence-corrected chi connectivity index (χ2v) is 6.04. The minimum atomic E-state index is -0.474. The highest BCUT2D eigenvalue weighted by atomic mass is 19.1. The Morgan fingerprint density at radius 2 is 2.11 bits per heavy atom. The predicted octanol–water partition coefficient (Wildman–Crippen LogP) is 3.12. The zero-order valence-electron chi connectivity index (χ0n) is 14.3. The van der Waals surface area contributed by atoms with Gasteiger partial charge in [0.2, 0.25) is 19.2 Å². The molecule has 1 amide bonds. The number of nitrogens with one attached hydrogen (secondary N) is 2. The van der Waals surface area contributed by atoms with Gasteiger partial charge in [-0.3, -0.25) is 15.1 Å². The Balaban J connectivity index is 1.74. The summed E-state index contributed by atoms with van der Waals surface area (Å²) in [5.74, 6) is 0.747. The Hall–Kier alpha value is -4.01. The zero-order valence-corrected chi connectivity index (χ0v) is 14.3. The maximum atomic E-state index is 14.5. The van der Waals surface area contributed by atoms with Gasteiger partial charge in [-0.05, 0) is 35.9 Å². The number of hydrogen-bond donors (Lipinski definition) is 2. The van der Waals surface area contributed by atoms with E-state index in [0.717, 1.165) is 11.1 Å². The lowest BCUT2D eigenvalue weighted by molar-refractivity contribution is -0.105. The Kier molecular flexibility index (Phi) is 3.64. The Morgan fingerprint density at radius 3 is 2.96 bits per heavy atom. The van der Waals surface area contributed by atoms with Crippen LogP contribution < -0.4 is 14.8 Å². The molecule has 0 bridgehead atoms. The van der Waals surface area contributed by atoms with Crippen molar-refractivity contribution in [3.63, 3.8) is 0 Å². The first-order valence-corrected chi connectivity index (χ1v) is 8.34. The molecule has 0 atom stereocenters. The predicted molar refractivity (Wildman–Crippen MR) is 98.3 cm³/mol. The number of aromatic nitrogens is 4. The van der Waals surface area contributed by atoms with Gasteiger partial charge in [0.1, 0.15) is 17.0 Å². The van der Waals surface area contributed by atoms with Crippen LogP contribution in [-0.2, 0) is 4.79 Å². The van der Waals surface area contributed by atoms with Gasteiger partial charge in [0.15, 0.2) is 5.75 Å². The maximum Gasteiger partial charge on any atom is 0.260 e. The van der Waals surface area contributed by atoms with E-state index in [4.69, 9.17) is 9.47 Å². The number of amides is 1. The number of anilines is 1. The van der Waals surface area contributed by atoms with Crippen molar-refractivity contribution in [1.29, 1.82) is 0 Å². The molecular weight excluding hydrogens is 365 g/mol. The van der Waals surface area contributed by atoms with Crippen LogP contribution >= 0.6 is 0 Å². The number of carbonyl (C=O) groups excluding carboxylic acids is 1. The number of nitrogens with zero attached hydrogens (tertiary/aromatic N) is 3. The molecule has 4 heterocycles. The Morgan fingerprint density at radius 1 is 1.18 bits per heavy atom. The topological polar surface area (TPSA) is 102 Å².